The Morgan fingerprint density at radius 3 is 2.96 bits per heavy atom. The zero-order valence-corrected chi connectivity index (χ0v) is 12.7. The number of halogens is 3. The fraction of sp³-hybridized carbons (Fsp3) is 0.400. The second-order valence-electron chi connectivity index (χ2n) is 5.37. The minimum atomic E-state index is -3.05. The van der Waals surface area contributed by atoms with Crippen molar-refractivity contribution < 1.29 is 27.4 Å². The number of aromatic nitrogens is 3. The van der Waals surface area contributed by atoms with Gasteiger partial charge in [-0.3, -0.25) is 9.89 Å². The lowest BCUT2D eigenvalue weighted by Gasteiger charge is -2.20. The van der Waals surface area contributed by atoms with Gasteiger partial charge in [-0.05, 0) is 12.8 Å². The van der Waals surface area contributed by atoms with E-state index in [-0.39, 0.29) is 23.3 Å². The first kappa shape index (κ1) is 16.3. The Morgan fingerprint density at radius 2 is 2.25 bits per heavy atom. The third-order valence-electron chi connectivity index (χ3n) is 3.98. The number of hydrogen-bond acceptors (Lipinski definition) is 5. The third-order valence-corrected chi connectivity index (χ3v) is 3.98. The highest BCUT2D eigenvalue weighted by Gasteiger charge is 2.30. The standard InChI is InChI=1S/C15H14F3N3O3/c1-23-14(22)7-2-3-8-11(4-7)20-21-13(8)9-5-12(24-15(17)18)19-6-10(9)16/h5-7,15H,2-4H2,1H3,(H,20,21). The Kier molecular flexibility index (Phi) is 4.41. The molecule has 0 radical (unpaired) electrons. The van der Waals surface area contributed by atoms with Crippen molar-refractivity contribution in [3.8, 4) is 17.1 Å². The number of H-pyrrole nitrogens is 1. The second-order valence-corrected chi connectivity index (χ2v) is 5.37. The molecule has 0 fully saturated rings. The van der Waals surface area contributed by atoms with Crippen LogP contribution in [0, 0.1) is 11.7 Å². The topological polar surface area (TPSA) is 77.1 Å². The van der Waals surface area contributed by atoms with E-state index in [1.807, 2.05) is 0 Å². The molecule has 1 atom stereocenters. The Hall–Kier alpha value is -2.58. The van der Waals surface area contributed by atoms with Crippen LogP contribution >= 0.6 is 0 Å². The third kappa shape index (κ3) is 3.06. The molecule has 2 aromatic rings. The van der Waals surface area contributed by atoms with E-state index in [0.717, 1.165) is 17.8 Å². The highest BCUT2D eigenvalue weighted by molar-refractivity contribution is 5.74. The number of pyridine rings is 1. The van der Waals surface area contributed by atoms with Crippen LogP contribution in [-0.4, -0.2) is 34.9 Å². The summed E-state index contributed by atoms with van der Waals surface area (Å²) in [5.41, 5.74) is 1.80. The lowest BCUT2D eigenvalue weighted by molar-refractivity contribution is -0.145. The summed E-state index contributed by atoms with van der Waals surface area (Å²) < 4.78 is 47.6. The monoisotopic (exact) mass is 341 g/mol. The number of fused-ring (bicyclic) bond motifs is 1. The van der Waals surface area contributed by atoms with Gasteiger partial charge < -0.3 is 9.47 Å². The minimum Gasteiger partial charge on any atom is -0.469 e. The molecule has 0 amide bonds. The summed E-state index contributed by atoms with van der Waals surface area (Å²) in [7, 11) is 1.33. The fourth-order valence-corrected chi connectivity index (χ4v) is 2.85. The molecule has 0 saturated carbocycles. The van der Waals surface area contributed by atoms with Gasteiger partial charge in [0.15, 0.2) is 5.82 Å². The average Bonchev–Trinajstić information content (AvgIpc) is 2.98. The zero-order chi connectivity index (χ0) is 17.3. The molecule has 0 aliphatic heterocycles. The summed E-state index contributed by atoms with van der Waals surface area (Å²) in [5, 5.41) is 6.87. The van der Waals surface area contributed by atoms with E-state index in [4.69, 9.17) is 4.74 Å². The average molecular weight is 341 g/mol. The Morgan fingerprint density at radius 1 is 1.46 bits per heavy atom. The van der Waals surface area contributed by atoms with Gasteiger partial charge >= 0.3 is 12.6 Å². The minimum absolute atomic E-state index is 0.0228. The van der Waals surface area contributed by atoms with Crippen molar-refractivity contribution in [2.45, 2.75) is 25.9 Å². The van der Waals surface area contributed by atoms with Crippen LogP contribution in [0.1, 0.15) is 17.7 Å². The molecule has 9 heteroatoms. The number of nitrogens with zero attached hydrogens (tertiary/aromatic N) is 2. The van der Waals surface area contributed by atoms with Crippen molar-refractivity contribution in [2.75, 3.05) is 7.11 Å². The van der Waals surface area contributed by atoms with Crippen molar-refractivity contribution in [3.05, 3.63) is 29.3 Å². The van der Waals surface area contributed by atoms with Crippen LogP contribution in [-0.2, 0) is 22.4 Å². The summed E-state index contributed by atoms with van der Waals surface area (Å²) in [6.07, 6.45) is 2.25. The van der Waals surface area contributed by atoms with Gasteiger partial charge in [-0.15, -0.1) is 0 Å². The molecule has 6 nitrogen and oxygen atoms in total. The smallest absolute Gasteiger partial charge is 0.388 e. The van der Waals surface area contributed by atoms with Gasteiger partial charge in [0.2, 0.25) is 5.88 Å². The molecule has 24 heavy (non-hydrogen) atoms. The molecule has 1 unspecified atom stereocenters. The maximum atomic E-state index is 14.1. The Labute approximate surface area is 135 Å². The quantitative estimate of drug-likeness (QED) is 0.865. The summed E-state index contributed by atoms with van der Waals surface area (Å²) in [6.45, 7) is -3.05. The van der Waals surface area contributed by atoms with Crippen LogP contribution in [0.3, 0.4) is 0 Å². The van der Waals surface area contributed by atoms with Gasteiger partial charge in [0.05, 0.1) is 24.9 Å². The summed E-state index contributed by atoms with van der Waals surface area (Å²) >= 11 is 0. The van der Waals surface area contributed by atoms with E-state index in [2.05, 4.69) is 19.9 Å². The molecule has 0 bridgehead atoms. The number of hydrogen-bond donors (Lipinski definition) is 1. The van der Waals surface area contributed by atoms with Crippen LogP contribution in [0.15, 0.2) is 12.3 Å². The van der Waals surface area contributed by atoms with Crippen molar-refractivity contribution in [2.24, 2.45) is 5.92 Å². The van der Waals surface area contributed by atoms with Crippen LogP contribution in [0.5, 0.6) is 5.88 Å². The molecule has 0 aromatic carbocycles. The van der Waals surface area contributed by atoms with Crippen LogP contribution in [0.25, 0.3) is 11.3 Å². The molecule has 3 rings (SSSR count). The number of carbonyl (C=O) groups is 1. The van der Waals surface area contributed by atoms with Gasteiger partial charge in [0, 0.05) is 29.3 Å². The number of aromatic amines is 1. The number of esters is 1. The maximum absolute atomic E-state index is 14.1. The van der Waals surface area contributed by atoms with Crippen LogP contribution in [0.2, 0.25) is 0 Å². The van der Waals surface area contributed by atoms with Crippen molar-refractivity contribution >= 4 is 5.97 Å². The zero-order valence-electron chi connectivity index (χ0n) is 12.7. The number of methoxy groups -OCH3 is 1. The molecular formula is C15H14F3N3O3. The molecule has 2 aromatic heterocycles. The van der Waals surface area contributed by atoms with E-state index < -0.39 is 12.4 Å². The van der Waals surface area contributed by atoms with E-state index >= 15 is 0 Å². The van der Waals surface area contributed by atoms with Gasteiger partial charge in [-0.1, -0.05) is 0 Å². The molecule has 0 spiro atoms. The van der Waals surface area contributed by atoms with Gasteiger partial charge in [-0.25, -0.2) is 9.37 Å². The molecule has 128 valence electrons. The van der Waals surface area contributed by atoms with E-state index in [1.165, 1.54) is 7.11 Å². The van der Waals surface area contributed by atoms with E-state index in [1.54, 1.807) is 0 Å². The number of rotatable bonds is 4. The van der Waals surface area contributed by atoms with Crippen molar-refractivity contribution in [1.82, 2.24) is 15.2 Å². The second kappa shape index (κ2) is 6.50. The number of alkyl halides is 2. The first-order valence-electron chi connectivity index (χ1n) is 7.24. The molecule has 0 saturated heterocycles. The summed E-state index contributed by atoms with van der Waals surface area (Å²) in [4.78, 5) is 15.1. The summed E-state index contributed by atoms with van der Waals surface area (Å²) in [6, 6.07) is 1.09. The summed E-state index contributed by atoms with van der Waals surface area (Å²) in [5.74, 6) is -1.67. The Bertz CT molecular complexity index is 764. The van der Waals surface area contributed by atoms with Crippen molar-refractivity contribution in [3.63, 3.8) is 0 Å². The highest BCUT2D eigenvalue weighted by atomic mass is 19.3. The van der Waals surface area contributed by atoms with Crippen LogP contribution in [0.4, 0.5) is 13.2 Å². The molecule has 1 aliphatic carbocycles. The SMILES string of the molecule is COC(=O)C1CCc2c(-c3cc(OC(F)F)ncc3F)n[nH]c2C1. The highest BCUT2D eigenvalue weighted by Crippen LogP contribution is 2.34. The molecule has 2 heterocycles. The largest absolute Gasteiger partial charge is 0.469 e. The normalized spacial score (nSPS) is 16.8. The molecule has 1 N–H and O–H groups in total. The van der Waals surface area contributed by atoms with E-state index in [9.17, 15) is 18.0 Å². The van der Waals surface area contributed by atoms with Crippen molar-refractivity contribution in [1.29, 1.82) is 0 Å². The lowest BCUT2D eigenvalue weighted by atomic mass is 9.86. The number of nitrogens with one attached hydrogen (secondary N) is 1. The first-order valence-corrected chi connectivity index (χ1v) is 7.24. The predicted molar refractivity (Wildman–Crippen MR) is 75.9 cm³/mol. The molecular weight excluding hydrogens is 327 g/mol. The van der Waals surface area contributed by atoms with Crippen LogP contribution < -0.4 is 4.74 Å². The van der Waals surface area contributed by atoms with Gasteiger partial charge in [0.1, 0.15) is 0 Å². The maximum Gasteiger partial charge on any atom is 0.388 e. The number of carbonyl (C=O) groups excluding carboxylic acids is 1. The lowest BCUT2D eigenvalue weighted by Crippen LogP contribution is -2.23. The first-order chi connectivity index (χ1) is 11.5. The number of ether oxygens (including phenoxy) is 2. The Balaban J connectivity index is 1.93. The predicted octanol–water partition coefficient (Wildman–Crippen LogP) is 2.49. The van der Waals surface area contributed by atoms with Gasteiger partial charge in [-0.2, -0.15) is 13.9 Å². The van der Waals surface area contributed by atoms with E-state index in [0.29, 0.717) is 30.7 Å². The fourth-order valence-electron chi connectivity index (χ4n) is 2.85. The molecule has 1 aliphatic rings. The van der Waals surface area contributed by atoms with Gasteiger partial charge in [0.25, 0.3) is 0 Å².